The predicted octanol–water partition coefficient (Wildman–Crippen LogP) is 1.30. The summed E-state index contributed by atoms with van der Waals surface area (Å²) >= 11 is 0. The average molecular weight is 303 g/mol. The molecular formula is C15H25N7. The minimum atomic E-state index is 0.528. The number of hydrogen-bond donors (Lipinski definition) is 4. The number of aliphatic imine (C=N–C) groups is 1. The van der Waals surface area contributed by atoms with Gasteiger partial charge in [0, 0.05) is 30.7 Å². The first-order valence-electron chi connectivity index (χ1n) is 7.75. The van der Waals surface area contributed by atoms with Gasteiger partial charge in [0.05, 0.1) is 18.3 Å². The maximum atomic E-state index is 5.84. The molecule has 0 fully saturated rings. The highest BCUT2D eigenvalue weighted by molar-refractivity contribution is 5.77. The Morgan fingerprint density at radius 2 is 2.14 bits per heavy atom. The van der Waals surface area contributed by atoms with Crippen LogP contribution in [0.2, 0.25) is 0 Å². The van der Waals surface area contributed by atoms with Crippen molar-refractivity contribution in [3.63, 3.8) is 0 Å². The van der Waals surface area contributed by atoms with Crippen LogP contribution in [0.3, 0.4) is 0 Å². The van der Waals surface area contributed by atoms with Crippen molar-refractivity contribution in [3.8, 4) is 0 Å². The van der Waals surface area contributed by atoms with Crippen LogP contribution >= 0.6 is 0 Å². The summed E-state index contributed by atoms with van der Waals surface area (Å²) in [5.41, 5.74) is 9.28. The van der Waals surface area contributed by atoms with Crippen LogP contribution in [0.1, 0.15) is 36.3 Å². The number of nitrogens with zero attached hydrogens (tertiary/aromatic N) is 3. The Labute approximate surface area is 130 Å². The fourth-order valence-corrected chi connectivity index (χ4v) is 2.22. The molecule has 0 aliphatic heterocycles. The Balaban J connectivity index is 1.50. The third kappa shape index (κ3) is 5.59. The van der Waals surface area contributed by atoms with Gasteiger partial charge in [-0.05, 0) is 39.0 Å². The molecule has 0 spiro atoms. The van der Waals surface area contributed by atoms with Gasteiger partial charge in [0.25, 0.3) is 0 Å². The maximum Gasteiger partial charge on any atom is 0.188 e. The van der Waals surface area contributed by atoms with Crippen LogP contribution in [0, 0.1) is 6.92 Å². The monoisotopic (exact) mass is 303 g/mol. The van der Waals surface area contributed by atoms with Gasteiger partial charge in [-0.3, -0.25) is 4.99 Å². The van der Waals surface area contributed by atoms with Gasteiger partial charge in [-0.1, -0.05) is 0 Å². The number of aromatic amines is 2. The van der Waals surface area contributed by atoms with Crippen LogP contribution in [0.4, 0.5) is 0 Å². The number of unbranched alkanes of at least 4 members (excludes halogenated alkanes) is 1. The Kier molecular flexibility index (Phi) is 6.47. The number of guanidine groups is 1. The first kappa shape index (κ1) is 16.1. The smallest absolute Gasteiger partial charge is 0.188 e. The molecule has 2 aromatic heterocycles. The quantitative estimate of drug-likeness (QED) is 0.318. The van der Waals surface area contributed by atoms with Crippen LogP contribution in [-0.4, -0.2) is 39.0 Å². The van der Waals surface area contributed by atoms with Gasteiger partial charge < -0.3 is 21.0 Å². The highest BCUT2D eigenvalue weighted by Gasteiger charge is 2.00. The van der Waals surface area contributed by atoms with Crippen molar-refractivity contribution < 1.29 is 0 Å². The largest absolute Gasteiger partial charge is 0.370 e. The standard InChI is InChI=1S/C15H25N7/c1-12-14(22-11-20-12)6-2-3-7-18-15(16)19-8-4-5-13-9-17-10-21-13/h9-11H,2-8H2,1H3,(H,17,21)(H,20,22)(H3,16,18,19). The molecule has 0 atom stereocenters. The summed E-state index contributed by atoms with van der Waals surface area (Å²) in [7, 11) is 0. The molecule has 120 valence electrons. The van der Waals surface area contributed by atoms with Crippen molar-refractivity contribution in [2.75, 3.05) is 13.1 Å². The van der Waals surface area contributed by atoms with Crippen molar-refractivity contribution in [1.82, 2.24) is 25.3 Å². The summed E-state index contributed by atoms with van der Waals surface area (Å²) in [6.07, 6.45) is 10.3. The Morgan fingerprint density at radius 3 is 2.86 bits per heavy atom. The molecule has 0 amide bonds. The van der Waals surface area contributed by atoms with Crippen molar-refractivity contribution in [2.45, 2.75) is 39.0 Å². The Bertz CT molecular complexity index is 556. The normalized spacial score (nSPS) is 11.8. The van der Waals surface area contributed by atoms with Gasteiger partial charge in [-0.2, -0.15) is 0 Å². The molecule has 0 aliphatic rings. The van der Waals surface area contributed by atoms with E-state index in [9.17, 15) is 0 Å². The van der Waals surface area contributed by atoms with E-state index in [0.29, 0.717) is 5.96 Å². The summed E-state index contributed by atoms with van der Waals surface area (Å²) < 4.78 is 0. The highest BCUT2D eigenvalue weighted by atomic mass is 15.1. The van der Waals surface area contributed by atoms with E-state index in [4.69, 9.17) is 5.73 Å². The second-order valence-electron chi connectivity index (χ2n) is 5.31. The third-order valence-electron chi connectivity index (χ3n) is 3.52. The van der Waals surface area contributed by atoms with Gasteiger partial charge >= 0.3 is 0 Å². The minimum absolute atomic E-state index is 0.528. The first-order chi connectivity index (χ1) is 10.8. The van der Waals surface area contributed by atoms with E-state index >= 15 is 0 Å². The van der Waals surface area contributed by atoms with E-state index in [1.54, 1.807) is 12.7 Å². The molecule has 22 heavy (non-hydrogen) atoms. The predicted molar refractivity (Wildman–Crippen MR) is 87.7 cm³/mol. The number of nitrogens with two attached hydrogens (primary N) is 1. The van der Waals surface area contributed by atoms with Crippen LogP contribution in [0.25, 0.3) is 0 Å². The molecule has 5 N–H and O–H groups in total. The lowest BCUT2D eigenvalue weighted by Crippen LogP contribution is -2.32. The van der Waals surface area contributed by atoms with Crippen molar-refractivity contribution in [2.24, 2.45) is 10.7 Å². The van der Waals surface area contributed by atoms with E-state index in [1.165, 1.54) is 0 Å². The van der Waals surface area contributed by atoms with Gasteiger partial charge in [0.2, 0.25) is 0 Å². The molecule has 0 aliphatic carbocycles. The number of aromatic nitrogens is 4. The third-order valence-corrected chi connectivity index (χ3v) is 3.52. The zero-order valence-electron chi connectivity index (χ0n) is 13.1. The molecule has 7 heteroatoms. The molecule has 2 aromatic rings. The minimum Gasteiger partial charge on any atom is -0.370 e. The molecule has 0 saturated heterocycles. The van der Waals surface area contributed by atoms with Gasteiger partial charge in [-0.25, -0.2) is 9.97 Å². The maximum absolute atomic E-state index is 5.84. The number of rotatable bonds is 9. The molecule has 0 radical (unpaired) electrons. The summed E-state index contributed by atoms with van der Waals surface area (Å²) in [5, 5.41) is 3.15. The lowest BCUT2D eigenvalue weighted by molar-refractivity contribution is 0.695. The Morgan fingerprint density at radius 1 is 1.23 bits per heavy atom. The summed E-state index contributed by atoms with van der Waals surface area (Å²) in [4.78, 5) is 18.8. The zero-order valence-corrected chi connectivity index (χ0v) is 13.1. The van der Waals surface area contributed by atoms with Crippen LogP contribution in [-0.2, 0) is 12.8 Å². The second-order valence-corrected chi connectivity index (χ2v) is 5.31. The van der Waals surface area contributed by atoms with E-state index in [-0.39, 0.29) is 0 Å². The summed E-state index contributed by atoms with van der Waals surface area (Å²) in [5.74, 6) is 0.528. The highest BCUT2D eigenvalue weighted by Crippen LogP contribution is 2.05. The number of H-pyrrole nitrogens is 2. The molecule has 0 unspecified atom stereocenters. The van der Waals surface area contributed by atoms with E-state index in [0.717, 1.165) is 62.3 Å². The van der Waals surface area contributed by atoms with Gasteiger partial charge in [0.1, 0.15) is 0 Å². The van der Waals surface area contributed by atoms with Crippen molar-refractivity contribution >= 4 is 5.96 Å². The Hall–Kier alpha value is -2.31. The molecule has 0 aromatic carbocycles. The average Bonchev–Trinajstić information content (AvgIpc) is 3.15. The SMILES string of the molecule is Cc1[nH]cnc1CCCCNC(N)=NCCCc1cnc[nH]1. The number of nitrogens with one attached hydrogen (secondary N) is 3. The van der Waals surface area contributed by atoms with Gasteiger partial charge in [-0.15, -0.1) is 0 Å². The van der Waals surface area contributed by atoms with Gasteiger partial charge in [0.15, 0.2) is 5.96 Å². The molecule has 0 saturated carbocycles. The molecule has 7 nitrogen and oxygen atoms in total. The molecular weight excluding hydrogens is 278 g/mol. The number of imidazole rings is 2. The van der Waals surface area contributed by atoms with Crippen LogP contribution in [0.15, 0.2) is 23.8 Å². The van der Waals surface area contributed by atoms with Crippen LogP contribution in [0.5, 0.6) is 0 Å². The number of hydrogen-bond acceptors (Lipinski definition) is 3. The first-order valence-corrected chi connectivity index (χ1v) is 7.75. The summed E-state index contributed by atoms with van der Waals surface area (Å²) in [6, 6.07) is 0. The lowest BCUT2D eigenvalue weighted by atomic mass is 10.1. The van der Waals surface area contributed by atoms with E-state index in [2.05, 4.69) is 37.2 Å². The van der Waals surface area contributed by atoms with Crippen molar-refractivity contribution in [1.29, 1.82) is 0 Å². The molecule has 0 bridgehead atoms. The summed E-state index contributed by atoms with van der Waals surface area (Å²) in [6.45, 7) is 3.62. The lowest BCUT2D eigenvalue weighted by Gasteiger charge is -2.05. The molecule has 2 rings (SSSR count). The fourth-order valence-electron chi connectivity index (χ4n) is 2.22. The van der Waals surface area contributed by atoms with Crippen molar-refractivity contribution in [3.05, 3.63) is 35.9 Å². The second kappa shape index (κ2) is 8.86. The van der Waals surface area contributed by atoms with E-state index in [1.807, 2.05) is 6.20 Å². The zero-order chi connectivity index (χ0) is 15.6. The number of aryl methyl sites for hydroxylation is 3. The fraction of sp³-hybridized carbons (Fsp3) is 0.533. The van der Waals surface area contributed by atoms with E-state index < -0.39 is 0 Å². The van der Waals surface area contributed by atoms with Crippen LogP contribution < -0.4 is 11.1 Å². The topological polar surface area (TPSA) is 108 Å². The molecule has 2 heterocycles.